The van der Waals surface area contributed by atoms with Gasteiger partial charge in [-0.15, -0.1) is 11.3 Å². The summed E-state index contributed by atoms with van der Waals surface area (Å²) in [6.45, 7) is 0. The maximum Gasteiger partial charge on any atom is 0.0733 e. The molecule has 3 N–H and O–H groups in total. The Labute approximate surface area is 100 Å². The molecule has 3 nitrogen and oxygen atoms in total. The maximum atomic E-state index is 5.56. The van der Waals surface area contributed by atoms with E-state index in [0.29, 0.717) is 0 Å². The zero-order chi connectivity index (χ0) is 10.7. The van der Waals surface area contributed by atoms with Crippen molar-refractivity contribution in [2.75, 3.05) is 0 Å². The molecular formula is C10H10BrN3S. The van der Waals surface area contributed by atoms with Gasteiger partial charge in [0.2, 0.25) is 0 Å². The molecule has 0 amide bonds. The van der Waals surface area contributed by atoms with E-state index in [4.69, 9.17) is 5.84 Å². The van der Waals surface area contributed by atoms with Crippen LogP contribution in [0.4, 0.5) is 0 Å². The van der Waals surface area contributed by atoms with Crippen molar-refractivity contribution in [1.29, 1.82) is 0 Å². The summed E-state index contributed by atoms with van der Waals surface area (Å²) >= 11 is 5.08. The van der Waals surface area contributed by atoms with Crippen molar-refractivity contribution in [3.63, 3.8) is 0 Å². The summed E-state index contributed by atoms with van der Waals surface area (Å²) in [5, 5.41) is 2.07. The van der Waals surface area contributed by atoms with Crippen molar-refractivity contribution in [2.24, 2.45) is 5.84 Å². The summed E-state index contributed by atoms with van der Waals surface area (Å²) in [7, 11) is 0. The molecule has 1 unspecified atom stereocenters. The zero-order valence-corrected chi connectivity index (χ0v) is 10.3. The average Bonchev–Trinajstić information content (AvgIpc) is 2.68. The number of nitrogens with zero attached hydrogens (tertiary/aromatic N) is 1. The van der Waals surface area contributed by atoms with Crippen molar-refractivity contribution in [3.05, 3.63) is 50.9 Å². The van der Waals surface area contributed by atoms with E-state index in [0.717, 1.165) is 14.9 Å². The summed E-state index contributed by atoms with van der Waals surface area (Å²) in [6.07, 6.45) is 3.57. The van der Waals surface area contributed by atoms with Crippen LogP contribution in [0.15, 0.2) is 39.8 Å². The lowest BCUT2D eigenvalue weighted by atomic mass is 10.0. The fourth-order valence-corrected chi connectivity index (χ4v) is 2.61. The zero-order valence-electron chi connectivity index (χ0n) is 7.85. The highest BCUT2D eigenvalue weighted by molar-refractivity contribution is 9.11. The fraction of sp³-hybridized carbons (Fsp3) is 0.100. The molecule has 0 aliphatic rings. The standard InChI is InChI=1S/C10H10BrN3S/c11-9-4-8(6-15-9)10(14-12)7-2-1-3-13-5-7/h1-6,10,14H,12H2. The summed E-state index contributed by atoms with van der Waals surface area (Å²) in [5.41, 5.74) is 5.00. The second-order valence-electron chi connectivity index (χ2n) is 3.07. The topological polar surface area (TPSA) is 50.9 Å². The average molecular weight is 284 g/mol. The summed E-state index contributed by atoms with van der Waals surface area (Å²) in [4.78, 5) is 4.08. The molecule has 0 bridgehead atoms. The molecule has 0 radical (unpaired) electrons. The molecule has 2 aromatic rings. The normalized spacial score (nSPS) is 12.7. The molecule has 0 aromatic carbocycles. The van der Waals surface area contributed by atoms with Gasteiger partial charge >= 0.3 is 0 Å². The number of rotatable bonds is 3. The number of pyridine rings is 1. The molecule has 15 heavy (non-hydrogen) atoms. The maximum absolute atomic E-state index is 5.56. The van der Waals surface area contributed by atoms with Crippen LogP contribution in [-0.4, -0.2) is 4.98 Å². The number of nitrogens with two attached hydrogens (primary N) is 1. The van der Waals surface area contributed by atoms with Gasteiger partial charge in [-0.25, -0.2) is 5.43 Å². The minimum absolute atomic E-state index is 0.00116. The van der Waals surface area contributed by atoms with Gasteiger partial charge in [-0.3, -0.25) is 10.8 Å². The molecule has 78 valence electrons. The number of nitrogens with one attached hydrogen (secondary N) is 1. The summed E-state index contributed by atoms with van der Waals surface area (Å²) < 4.78 is 1.10. The number of hydrazine groups is 1. The first kappa shape index (κ1) is 10.8. The van der Waals surface area contributed by atoms with Crippen molar-refractivity contribution in [3.8, 4) is 0 Å². The van der Waals surface area contributed by atoms with E-state index in [1.54, 1.807) is 17.5 Å². The fourth-order valence-electron chi connectivity index (χ4n) is 1.41. The first-order valence-electron chi connectivity index (χ1n) is 4.41. The first-order chi connectivity index (χ1) is 7.31. The van der Waals surface area contributed by atoms with Crippen molar-refractivity contribution >= 4 is 27.3 Å². The van der Waals surface area contributed by atoms with Crippen LogP contribution in [-0.2, 0) is 0 Å². The van der Waals surface area contributed by atoms with Gasteiger partial charge < -0.3 is 0 Å². The lowest BCUT2D eigenvalue weighted by molar-refractivity contribution is 0.636. The van der Waals surface area contributed by atoms with E-state index in [1.807, 2.05) is 18.3 Å². The Morgan fingerprint density at radius 3 is 2.87 bits per heavy atom. The number of hydrogen-bond acceptors (Lipinski definition) is 4. The van der Waals surface area contributed by atoms with Crippen LogP contribution >= 0.6 is 27.3 Å². The molecule has 2 heterocycles. The lowest BCUT2D eigenvalue weighted by Gasteiger charge is -2.14. The Hall–Kier alpha value is -0.750. The number of halogens is 1. The number of thiophene rings is 1. The lowest BCUT2D eigenvalue weighted by Crippen LogP contribution is -2.28. The minimum atomic E-state index is 0.00116. The van der Waals surface area contributed by atoms with E-state index in [9.17, 15) is 0 Å². The molecule has 1 atom stereocenters. The minimum Gasteiger partial charge on any atom is -0.271 e. The van der Waals surface area contributed by atoms with Gasteiger partial charge in [0.25, 0.3) is 0 Å². The molecule has 0 saturated heterocycles. The summed E-state index contributed by atoms with van der Waals surface area (Å²) in [5.74, 6) is 5.56. The third kappa shape index (κ3) is 2.43. The van der Waals surface area contributed by atoms with Crippen LogP contribution in [0, 0.1) is 0 Å². The van der Waals surface area contributed by atoms with E-state index >= 15 is 0 Å². The second kappa shape index (κ2) is 4.85. The molecule has 0 saturated carbocycles. The Bertz CT molecular complexity index is 429. The van der Waals surface area contributed by atoms with Gasteiger partial charge in [0.1, 0.15) is 0 Å². The third-order valence-electron chi connectivity index (χ3n) is 2.11. The van der Waals surface area contributed by atoms with Crippen molar-refractivity contribution in [1.82, 2.24) is 10.4 Å². The highest BCUT2D eigenvalue weighted by atomic mass is 79.9. The molecule has 2 aromatic heterocycles. The van der Waals surface area contributed by atoms with Crippen molar-refractivity contribution in [2.45, 2.75) is 6.04 Å². The Morgan fingerprint density at radius 2 is 2.33 bits per heavy atom. The number of aromatic nitrogens is 1. The molecular weight excluding hydrogens is 274 g/mol. The highest BCUT2D eigenvalue weighted by Crippen LogP contribution is 2.28. The molecule has 0 aliphatic heterocycles. The van der Waals surface area contributed by atoms with Crippen LogP contribution < -0.4 is 11.3 Å². The molecule has 2 rings (SSSR count). The number of hydrogen-bond donors (Lipinski definition) is 2. The van der Waals surface area contributed by atoms with Crippen molar-refractivity contribution < 1.29 is 0 Å². The van der Waals surface area contributed by atoms with Crippen LogP contribution in [0.25, 0.3) is 0 Å². The van der Waals surface area contributed by atoms with Gasteiger partial charge in [0.15, 0.2) is 0 Å². The van der Waals surface area contributed by atoms with Gasteiger partial charge in [0, 0.05) is 12.4 Å². The highest BCUT2D eigenvalue weighted by Gasteiger charge is 2.13. The van der Waals surface area contributed by atoms with Crippen LogP contribution in [0.2, 0.25) is 0 Å². The molecule has 0 aliphatic carbocycles. The Morgan fingerprint density at radius 1 is 1.47 bits per heavy atom. The van der Waals surface area contributed by atoms with E-state index in [1.165, 1.54) is 0 Å². The second-order valence-corrected chi connectivity index (χ2v) is 5.36. The van der Waals surface area contributed by atoms with Crippen LogP contribution in [0.5, 0.6) is 0 Å². The Balaban J connectivity index is 2.33. The summed E-state index contributed by atoms with van der Waals surface area (Å²) in [6, 6.07) is 5.97. The molecule has 0 spiro atoms. The van der Waals surface area contributed by atoms with E-state index in [2.05, 4.69) is 37.8 Å². The van der Waals surface area contributed by atoms with Gasteiger partial charge in [0.05, 0.1) is 9.83 Å². The molecule has 5 heteroatoms. The van der Waals surface area contributed by atoms with Crippen LogP contribution in [0.1, 0.15) is 17.2 Å². The third-order valence-corrected chi connectivity index (χ3v) is 3.63. The SMILES string of the molecule is NNC(c1cccnc1)c1csc(Br)c1. The monoisotopic (exact) mass is 283 g/mol. The smallest absolute Gasteiger partial charge is 0.0733 e. The van der Waals surface area contributed by atoms with Gasteiger partial charge in [-0.05, 0) is 44.6 Å². The quantitative estimate of drug-likeness (QED) is 0.672. The molecule has 0 fully saturated rings. The predicted octanol–water partition coefficient (Wildman–Crippen LogP) is 2.46. The van der Waals surface area contributed by atoms with Gasteiger partial charge in [-0.1, -0.05) is 6.07 Å². The van der Waals surface area contributed by atoms with Gasteiger partial charge in [-0.2, -0.15) is 0 Å². The van der Waals surface area contributed by atoms with E-state index in [-0.39, 0.29) is 6.04 Å². The first-order valence-corrected chi connectivity index (χ1v) is 6.08. The predicted molar refractivity (Wildman–Crippen MR) is 65.4 cm³/mol. The van der Waals surface area contributed by atoms with E-state index < -0.39 is 0 Å². The van der Waals surface area contributed by atoms with Crippen LogP contribution in [0.3, 0.4) is 0 Å². The Kier molecular flexibility index (Phi) is 3.48. The largest absolute Gasteiger partial charge is 0.271 e.